The third-order valence-corrected chi connectivity index (χ3v) is 3.68. The minimum Gasteiger partial charge on any atom is -0.481 e. The fourth-order valence-electron chi connectivity index (χ4n) is 2.23. The molecule has 0 saturated heterocycles. The smallest absolute Gasteiger partial charge is 0.272 e. The number of methoxy groups -OCH3 is 1. The molecule has 0 aromatic carbocycles. The van der Waals surface area contributed by atoms with Gasteiger partial charge in [-0.25, -0.2) is 9.37 Å². The first kappa shape index (κ1) is 14.2. The summed E-state index contributed by atoms with van der Waals surface area (Å²) in [6.07, 6.45) is 1.88. The molecule has 0 aliphatic heterocycles. The van der Waals surface area contributed by atoms with E-state index >= 15 is 0 Å². The fraction of sp³-hybridized carbons (Fsp3) is 0.267. The second-order valence-electron chi connectivity index (χ2n) is 5.17. The molecular formula is C15H15FN4O2. The number of likely N-dealkylation sites (N-methyl/N-ethyl adjacent to an activating group) is 1. The molecule has 1 atom stereocenters. The summed E-state index contributed by atoms with van der Waals surface area (Å²) in [5.74, 6) is -0.460. The van der Waals surface area contributed by atoms with Crippen molar-refractivity contribution in [2.75, 3.05) is 14.2 Å². The van der Waals surface area contributed by atoms with E-state index in [0.717, 1.165) is 18.2 Å². The Morgan fingerprint density at radius 1 is 1.55 bits per heavy atom. The topological polar surface area (TPSA) is 71.1 Å². The highest BCUT2D eigenvalue weighted by Crippen LogP contribution is 2.33. The van der Waals surface area contributed by atoms with Gasteiger partial charge in [0.25, 0.3) is 5.91 Å². The van der Waals surface area contributed by atoms with Gasteiger partial charge in [0, 0.05) is 18.7 Å². The lowest BCUT2D eigenvalue weighted by molar-refractivity contribution is 0.0784. The number of nitrogens with zero attached hydrogens (tertiary/aromatic N) is 3. The molecule has 3 rings (SSSR count). The van der Waals surface area contributed by atoms with Crippen molar-refractivity contribution in [3.8, 4) is 17.1 Å². The van der Waals surface area contributed by atoms with Crippen LogP contribution in [0.4, 0.5) is 4.39 Å². The van der Waals surface area contributed by atoms with E-state index in [1.807, 2.05) is 0 Å². The second kappa shape index (κ2) is 5.25. The molecule has 6 nitrogen and oxygen atoms in total. The summed E-state index contributed by atoms with van der Waals surface area (Å²) in [4.78, 5) is 17.7. The van der Waals surface area contributed by atoms with Gasteiger partial charge in [-0.1, -0.05) is 12.2 Å². The summed E-state index contributed by atoms with van der Waals surface area (Å²) < 4.78 is 18.8. The number of carbonyl (C=O) groups is 1. The zero-order valence-corrected chi connectivity index (χ0v) is 12.3. The van der Waals surface area contributed by atoms with E-state index in [2.05, 4.69) is 21.8 Å². The average molecular weight is 302 g/mol. The van der Waals surface area contributed by atoms with Crippen LogP contribution in [-0.4, -0.2) is 46.2 Å². The third-order valence-electron chi connectivity index (χ3n) is 3.68. The highest BCUT2D eigenvalue weighted by Gasteiger charge is 2.35. The Hall–Kier alpha value is -2.70. The zero-order valence-electron chi connectivity index (χ0n) is 12.3. The van der Waals surface area contributed by atoms with Crippen LogP contribution >= 0.6 is 0 Å². The van der Waals surface area contributed by atoms with E-state index in [4.69, 9.17) is 4.74 Å². The Kier molecular flexibility index (Phi) is 3.40. The summed E-state index contributed by atoms with van der Waals surface area (Å²) in [5.41, 5.74) is 1.87. The number of aromatic nitrogens is 3. The van der Waals surface area contributed by atoms with Gasteiger partial charge < -0.3 is 9.64 Å². The summed E-state index contributed by atoms with van der Waals surface area (Å²) in [7, 11) is 3.16. The van der Waals surface area contributed by atoms with Gasteiger partial charge in [0.05, 0.1) is 25.0 Å². The molecule has 0 radical (unpaired) electrons. The molecule has 7 heteroatoms. The Bertz CT molecular complexity index is 756. The zero-order chi connectivity index (χ0) is 15.9. The highest BCUT2D eigenvalue weighted by atomic mass is 19.1. The Morgan fingerprint density at radius 2 is 2.27 bits per heavy atom. The maximum absolute atomic E-state index is 13.9. The molecule has 1 saturated carbocycles. The molecule has 2 aromatic heterocycles. The van der Waals surface area contributed by atoms with Crippen LogP contribution in [0.3, 0.4) is 0 Å². The number of aromatic amines is 1. The van der Waals surface area contributed by atoms with Crippen molar-refractivity contribution in [3.05, 3.63) is 42.0 Å². The standard InChI is InChI=1S/C15H15FN4O2/c1-8-4-13(8)20(2)15(21)12-6-11(18-19-12)9-5-14(22-3)17-7-10(9)16/h5-7,13H,1,4H2,2-3H3,(H,18,19). The van der Waals surface area contributed by atoms with Crippen molar-refractivity contribution in [1.82, 2.24) is 20.1 Å². The van der Waals surface area contributed by atoms with Crippen LogP contribution in [0.1, 0.15) is 16.9 Å². The molecule has 0 bridgehead atoms. The molecular weight excluding hydrogens is 287 g/mol. The van der Waals surface area contributed by atoms with E-state index in [9.17, 15) is 9.18 Å². The number of ether oxygens (including phenoxy) is 1. The molecule has 1 unspecified atom stereocenters. The van der Waals surface area contributed by atoms with Gasteiger partial charge in [-0.05, 0) is 12.5 Å². The van der Waals surface area contributed by atoms with Gasteiger partial charge in [-0.2, -0.15) is 5.10 Å². The molecule has 1 aliphatic carbocycles. The quantitative estimate of drug-likeness (QED) is 0.877. The first-order valence-corrected chi connectivity index (χ1v) is 6.71. The number of amides is 1. The highest BCUT2D eigenvalue weighted by molar-refractivity contribution is 5.94. The van der Waals surface area contributed by atoms with Crippen LogP contribution in [0.5, 0.6) is 5.88 Å². The lowest BCUT2D eigenvalue weighted by atomic mass is 10.1. The minimum absolute atomic E-state index is 0.0806. The number of pyridine rings is 1. The maximum atomic E-state index is 13.9. The Labute approximate surface area is 126 Å². The van der Waals surface area contributed by atoms with Crippen LogP contribution in [0, 0.1) is 5.82 Å². The van der Waals surface area contributed by atoms with E-state index < -0.39 is 5.82 Å². The third kappa shape index (κ3) is 2.45. The minimum atomic E-state index is -0.532. The van der Waals surface area contributed by atoms with Gasteiger partial charge in [0.15, 0.2) is 5.82 Å². The monoisotopic (exact) mass is 302 g/mol. The van der Waals surface area contributed by atoms with Crippen molar-refractivity contribution in [2.45, 2.75) is 12.5 Å². The summed E-state index contributed by atoms with van der Waals surface area (Å²) in [6.45, 7) is 3.84. The van der Waals surface area contributed by atoms with Crippen molar-refractivity contribution < 1.29 is 13.9 Å². The van der Waals surface area contributed by atoms with Gasteiger partial charge in [0.1, 0.15) is 5.69 Å². The van der Waals surface area contributed by atoms with Gasteiger partial charge in [0.2, 0.25) is 5.88 Å². The van der Waals surface area contributed by atoms with Crippen LogP contribution in [0.2, 0.25) is 0 Å². The molecule has 114 valence electrons. The normalized spacial score (nSPS) is 16.5. The Balaban J connectivity index is 1.87. The number of rotatable bonds is 4. The van der Waals surface area contributed by atoms with Crippen LogP contribution in [0.15, 0.2) is 30.5 Å². The van der Waals surface area contributed by atoms with E-state index in [1.54, 1.807) is 11.9 Å². The molecule has 1 fully saturated rings. The van der Waals surface area contributed by atoms with E-state index in [1.165, 1.54) is 19.2 Å². The maximum Gasteiger partial charge on any atom is 0.272 e. The van der Waals surface area contributed by atoms with Crippen molar-refractivity contribution >= 4 is 5.91 Å². The predicted molar refractivity (Wildman–Crippen MR) is 78.0 cm³/mol. The number of hydrogen-bond donors (Lipinski definition) is 1. The molecule has 2 heterocycles. The van der Waals surface area contributed by atoms with Gasteiger partial charge in [-0.3, -0.25) is 9.89 Å². The summed E-state index contributed by atoms with van der Waals surface area (Å²) >= 11 is 0. The SMILES string of the molecule is C=C1CC1N(C)C(=O)c1cc(-c2cc(OC)ncc2F)n[nH]1. The molecule has 1 aliphatic rings. The van der Waals surface area contributed by atoms with Crippen LogP contribution in [-0.2, 0) is 0 Å². The largest absolute Gasteiger partial charge is 0.481 e. The van der Waals surface area contributed by atoms with Crippen molar-refractivity contribution in [1.29, 1.82) is 0 Å². The number of halogens is 1. The molecule has 22 heavy (non-hydrogen) atoms. The van der Waals surface area contributed by atoms with Crippen LogP contribution < -0.4 is 4.74 Å². The molecule has 0 spiro atoms. The van der Waals surface area contributed by atoms with Gasteiger partial charge in [-0.15, -0.1) is 0 Å². The number of hydrogen-bond acceptors (Lipinski definition) is 4. The molecule has 1 amide bonds. The summed E-state index contributed by atoms with van der Waals surface area (Å²) in [6, 6.07) is 3.03. The molecule has 2 aromatic rings. The first-order chi connectivity index (χ1) is 10.5. The number of nitrogens with one attached hydrogen (secondary N) is 1. The van der Waals surface area contributed by atoms with Crippen molar-refractivity contribution in [2.24, 2.45) is 0 Å². The van der Waals surface area contributed by atoms with Crippen molar-refractivity contribution in [3.63, 3.8) is 0 Å². The Morgan fingerprint density at radius 3 is 2.91 bits per heavy atom. The number of carbonyl (C=O) groups excluding carboxylic acids is 1. The lowest BCUT2D eigenvalue weighted by Crippen LogP contribution is -2.29. The fourth-order valence-corrected chi connectivity index (χ4v) is 2.23. The predicted octanol–water partition coefficient (Wildman–Crippen LogP) is 2.02. The number of H-pyrrole nitrogens is 1. The van der Waals surface area contributed by atoms with Gasteiger partial charge >= 0.3 is 0 Å². The van der Waals surface area contributed by atoms with Crippen LogP contribution in [0.25, 0.3) is 11.3 Å². The summed E-state index contributed by atoms with van der Waals surface area (Å²) in [5, 5.41) is 6.65. The van der Waals surface area contributed by atoms with E-state index in [-0.39, 0.29) is 23.4 Å². The molecule has 1 N–H and O–H groups in total. The first-order valence-electron chi connectivity index (χ1n) is 6.71. The van der Waals surface area contributed by atoms with E-state index in [0.29, 0.717) is 11.4 Å². The second-order valence-corrected chi connectivity index (χ2v) is 5.17. The average Bonchev–Trinajstić information content (AvgIpc) is 3.05. The lowest BCUT2D eigenvalue weighted by Gasteiger charge is -2.14.